The van der Waals surface area contributed by atoms with Crippen LogP contribution in [0.4, 0.5) is 0 Å². The molecule has 1 atom stereocenters. The summed E-state index contributed by atoms with van der Waals surface area (Å²) in [4.78, 5) is 22.2. The molecule has 5 nitrogen and oxygen atoms in total. The minimum Gasteiger partial charge on any atom is -0.481 e. The maximum Gasteiger partial charge on any atom is 0.305 e. The van der Waals surface area contributed by atoms with Crippen molar-refractivity contribution in [2.75, 3.05) is 0 Å². The van der Waals surface area contributed by atoms with Crippen LogP contribution in [0.5, 0.6) is 0 Å². The molecule has 0 bridgehead atoms. The SMILES string of the molecule is C[C@H]1CCc2nn(CCC(=O)O)c(=O)cc2C1. The smallest absolute Gasteiger partial charge is 0.305 e. The Morgan fingerprint density at radius 1 is 1.65 bits per heavy atom. The first-order chi connectivity index (χ1) is 8.06. The van der Waals surface area contributed by atoms with Crippen LogP contribution < -0.4 is 5.56 Å². The highest BCUT2D eigenvalue weighted by Crippen LogP contribution is 2.22. The molecule has 1 aromatic heterocycles. The number of hydrogen-bond donors (Lipinski definition) is 1. The Labute approximate surface area is 99.1 Å². The molecular weight excluding hydrogens is 220 g/mol. The summed E-state index contributed by atoms with van der Waals surface area (Å²) in [5, 5.41) is 12.9. The molecule has 2 rings (SSSR count). The largest absolute Gasteiger partial charge is 0.481 e. The van der Waals surface area contributed by atoms with Gasteiger partial charge in [0.25, 0.3) is 5.56 Å². The number of aryl methyl sites for hydroxylation is 2. The normalized spacial score (nSPS) is 18.8. The third-order valence-corrected chi connectivity index (χ3v) is 3.14. The predicted molar refractivity (Wildman–Crippen MR) is 61.9 cm³/mol. The number of nitrogens with zero attached hydrogens (tertiary/aromatic N) is 2. The molecule has 0 spiro atoms. The van der Waals surface area contributed by atoms with E-state index in [0.717, 1.165) is 30.5 Å². The summed E-state index contributed by atoms with van der Waals surface area (Å²) in [6, 6.07) is 1.61. The van der Waals surface area contributed by atoms with Crippen molar-refractivity contribution >= 4 is 5.97 Å². The third kappa shape index (κ3) is 2.72. The Morgan fingerprint density at radius 3 is 3.12 bits per heavy atom. The monoisotopic (exact) mass is 236 g/mol. The van der Waals surface area contributed by atoms with E-state index in [1.165, 1.54) is 4.68 Å². The Kier molecular flexibility index (Phi) is 3.26. The van der Waals surface area contributed by atoms with E-state index < -0.39 is 5.97 Å². The second-order valence-corrected chi connectivity index (χ2v) is 4.67. The molecule has 0 radical (unpaired) electrons. The van der Waals surface area contributed by atoms with Gasteiger partial charge in [0.2, 0.25) is 0 Å². The molecule has 0 aromatic carbocycles. The van der Waals surface area contributed by atoms with Gasteiger partial charge in [0, 0.05) is 6.07 Å². The number of aliphatic carboxylic acids is 1. The molecule has 0 saturated heterocycles. The number of carboxylic acid groups (broad SMARTS) is 1. The second kappa shape index (κ2) is 4.69. The summed E-state index contributed by atoms with van der Waals surface area (Å²) in [6.07, 6.45) is 2.79. The van der Waals surface area contributed by atoms with Crippen LogP contribution in [0.3, 0.4) is 0 Å². The van der Waals surface area contributed by atoms with Gasteiger partial charge in [-0.05, 0) is 30.7 Å². The average Bonchev–Trinajstić information content (AvgIpc) is 2.26. The number of carbonyl (C=O) groups is 1. The number of fused-ring (bicyclic) bond motifs is 1. The Hall–Kier alpha value is -1.65. The van der Waals surface area contributed by atoms with Gasteiger partial charge >= 0.3 is 5.97 Å². The molecule has 0 amide bonds. The van der Waals surface area contributed by atoms with Crippen molar-refractivity contribution in [3.05, 3.63) is 27.7 Å². The van der Waals surface area contributed by atoms with Gasteiger partial charge in [0.05, 0.1) is 18.7 Å². The molecule has 1 aliphatic rings. The minimum atomic E-state index is -0.912. The van der Waals surface area contributed by atoms with Gasteiger partial charge in [-0.1, -0.05) is 6.92 Å². The van der Waals surface area contributed by atoms with Crippen molar-refractivity contribution in [3.8, 4) is 0 Å². The molecule has 0 aliphatic heterocycles. The zero-order chi connectivity index (χ0) is 12.4. The molecule has 0 saturated carbocycles. The molecule has 92 valence electrons. The first-order valence-electron chi connectivity index (χ1n) is 5.88. The highest BCUT2D eigenvalue weighted by Gasteiger charge is 2.18. The van der Waals surface area contributed by atoms with E-state index >= 15 is 0 Å². The predicted octanol–water partition coefficient (Wildman–Crippen LogP) is 0.843. The van der Waals surface area contributed by atoms with Gasteiger partial charge in [0.15, 0.2) is 0 Å². The topological polar surface area (TPSA) is 72.2 Å². The maximum absolute atomic E-state index is 11.7. The zero-order valence-electron chi connectivity index (χ0n) is 9.85. The van der Waals surface area contributed by atoms with Gasteiger partial charge < -0.3 is 5.11 Å². The van der Waals surface area contributed by atoms with E-state index in [1.807, 2.05) is 0 Å². The van der Waals surface area contributed by atoms with Crippen molar-refractivity contribution < 1.29 is 9.90 Å². The van der Waals surface area contributed by atoms with Crippen LogP contribution in [0.1, 0.15) is 31.0 Å². The summed E-state index contributed by atoms with van der Waals surface area (Å²) < 4.78 is 1.27. The van der Waals surface area contributed by atoms with E-state index in [9.17, 15) is 9.59 Å². The zero-order valence-corrected chi connectivity index (χ0v) is 9.85. The Morgan fingerprint density at radius 2 is 2.41 bits per heavy atom. The van der Waals surface area contributed by atoms with E-state index in [1.54, 1.807) is 6.07 Å². The summed E-state index contributed by atoms with van der Waals surface area (Å²) in [6.45, 7) is 2.32. The van der Waals surface area contributed by atoms with Crippen LogP contribution in [0.25, 0.3) is 0 Å². The summed E-state index contributed by atoms with van der Waals surface area (Å²) in [5.41, 5.74) is 1.78. The van der Waals surface area contributed by atoms with Crippen LogP contribution in [-0.4, -0.2) is 20.9 Å². The fourth-order valence-corrected chi connectivity index (χ4v) is 2.18. The van der Waals surface area contributed by atoms with Crippen molar-refractivity contribution in [3.63, 3.8) is 0 Å². The molecular formula is C12H16N2O3. The highest BCUT2D eigenvalue weighted by molar-refractivity contribution is 5.66. The third-order valence-electron chi connectivity index (χ3n) is 3.14. The van der Waals surface area contributed by atoms with Gasteiger partial charge in [-0.25, -0.2) is 4.68 Å². The lowest BCUT2D eigenvalue weighted by Crippen LogP contribution is -2.28. The molecule has 1 N–H and O–H groups in total. The van der Waals surface area contributed by atoms with Gasteiger partial charge in [-0.3, -0.25) is 9.59 Å². The lowest BCUT2D eigenvalue weighted by Gasteiger charge is -2.20. The molecule has 1 heterocycles. The van der Waals surface area contributed by atoms with Crippen LogP contribution in [-0.2, 0) is 24.2 Å². The van der Waals surface area contributed by atoms with Crippen LogP contribution in [0, 0.1) is 5.92 Å². The van der Waals surface area contributed by atoms with E-state index in [0.29, 0.717) is 5.92 Å². The fourth-order valence-electron chi connectivity index (χ4n) is 2.18. The quantitative estimate of drug-likeness (QED) is 0.844. The van der Waals surface area contributed by atoms with E-state index in [-0.39, 0.29) is 18.5 Å². The van der Waals surface area contributed by atoms with Crippen molar-refractivity contribution in [2.24, 2.45) is 5.92 Å². The summed E-state index contributed by atoms with van der Waals surface area (Å²) >= 11 is 0. The number of carboxylic acids is 1. The molecule has 1 aromatic rings. The summed E-state index contributed by atoms with van der Waals surface area (Å²) in [5.74, 6) is -0.316. The van der Waals surface area contributed by atoms with Crippen molar-refractivity contribution in [1.82, 2.24) is 9.78 Å². The van der Waals surface area contributed by atoms with Gasteiger partial charge in [-0.2, -0.15) is 5.10 Å². The number of hydrogen-bond acceptors (Lipinski definition) is 3. The number of rotatable bonds is 3. The first-order valence-corrected chi connectivity index (χ1v) is 5.88. The lowest BCUT2D eigenvalue weighted by molar-refractivity contribution is -0.137. The molecule has 0 fully saturated rings. The van der Waals surface area contributed by atoms with Crippen LogP contribution in [0.2, 0.25) is 0 Å². The van der Waals surface area contributed by atoms with Crippen molar-refractivity contribution in [2.45, 2.75) is 39.2 Å². The molecule has 17 heavy (non-hydrogen) atoms. The van der Waals surface area contributed by atoms with Crippen molar-refractivity contribution in [1.29, 1.82) is 0 Å². The molecule has 1 aliphatic carbocycles. The first kappa shape index (κ1) is 11.8. The summed E-state index contributed by atoms with van der Waals surface area (Å²) in [7, 11) is 0. The minimum absolute atomic E-state index is 0.0674. The molecule has 5 heteroatoms. The van der Waals surface area contributed by atoms with E-state index in [2.05, 4.69) is 12.0 Å². The second-order valence-electron chi connectivity index (χ2n) is 4.67. The average molecular weight is 236 g/mol. The Balaban J connectivity index is 2.25. The van der Waals surface area contributed by atoms with E-state index in [4.69, 9.17) is 5.11 Å². The Bertz CT molecular complexity index is 493. The number of aromatic nitrogens is 2. The standard InChI is InChI=1S/C12H16N2O3/c1-8-2-3-10-9(6-8)7-11(15)14(13-10)5-4-12(16)17/h7-8H,2-6H2,1H3,(H,16,17)/t8-/m0/s1. The van der Waals surface area contributed by atoms with Crippen LogP contribution >= 0.6 is 0 Å². The maximum atomic E-state index is 11.7. The highest BCUT2D eigenvalue weighted by atomic mass is 16.4. The lowest BCUT2D eigenvalue weighted by atomic mass is 9.88. The van der Waals surface area contributed by atoms with Crippen LogP contribution in [0.15, 0.2) is 10.9 Å². The van der Waals surface area contributed by atoms with Gasteiger partial charge in [-0.15, -0.1) is 0 Å². The molecule has 0 unspecified atom stereocenters. The van der Waals surface area contributed by atoms with Gasteiger partial charge in [0.1, 0.15) is 0 Å². The fraction of sp³-hybridized carbons (Fsp3) is 0.583.